The van der Waals surface area contributed by atoms with Crippen molar-refractivity contribution in [3.05, 3.63) is 112 Å². The number of Topliss-reactive ketones (excluding diaryl/α,β-unsaturated/α-hetero) is 1. The Bertz CT molecular complexity index is 1460. The zero-order valence-electron chi connectivity index (χ0n) is 17.5. The first kappa shape index (κ1) is 21.7. The molecule has 2 N–H and O–H groups in total. The molecule has 0 saturated heterocycles. The summed E-state index contributed by atoms with van der Waals surface area (Å²) in [5.74, 6) is -2.56. The van der Waals surface area contributed by atoms with E-state index in [1.165, 1.54) is 47.4 Å². The van der Waals surface area contributed by atoms with Gasteiger partial charge in [-0.2, -0.15) is 0 Å². The van der Waals surface area contributed by atoms with Gasteiger partial charge < -0.3 is 19.5 Å². The molecule has 0 saturated carbocycles. The molecule has 170 valence electrons. The fourth-order valence-electron chi connectivity index (χ4n) is 4.10. The lowest BCUT2D eigenvalue weighted by Crippen LogP contribution is -2.30. The molecule has 5 rings (SSSR count). The summed E-state index contributed by atoms with van der Waals surface area (Å²) in [7, 11) is 0. The van der Waals surface area contributed by atoms with Crippen LogP contribution in [-0.4, -0.2) is 26.8 Å². The van der Waals surface area contributed by atoms with Crippen molar-refractivity contribution >= 4 is 34.3 Å². The van der Waals surface area contributed by atoms with Gasteiger partial charge in [0.15, 0.2) is 11.5 Å². The first-order valence-corrected chi connectivity index (χ1v) is 10.7. The van der Waals surface area contributed by atoms with Crippen LogP contribution in [0.1, 0.15) is 27.7 Å². The van der Waals surface area contributed by atoms with Crippen molar-refractivity contribution < 1.29 is 28.6 Å². The molecular formula is C26H17ClFNO5. The van der Waals surface area contributed by atoms with Gasteiger partial charge in [0.25, 0.3) is 5.91 Å². The molecule has 1 atom stereocenters. The number of aliphatic hydroxyl groups excluding tert-OH is 1. The number of nitrogens with zero attached hydrogens (tertiary/aromatic N) is 1. The number of hydrogen-bond donors (Lipinski definition) is 2. The molecule has 1 aliphatic rings. The molecule has 3 aromatic carbocycles. The van der Waals surface area contributed by atoms with Crippen molar-refractivity contribution in [3.63, 3.8) is 0 Å². The van der Waals surface area contributed by atoms with Crippen molar-refractivity contribution in [1.29, 1.82) is 0 Å². The first-order chi connectivity index (χ1) is 16.3. The summed E-state index contributed by atoms with van der Waals surface area (Å²) in [6.07, 6.45) is 0. The Labute approximate surface area is 198 Å². The van der Waals surface area contributed by atoms with Gasteiger partial charge >= 0.3 is 0 Å². The fourth-order valence-corrected chi connectivity index (χ4v) is 4.28. The van der Waals surface area contributed by atoms with Crippen LogP contribution in [0.2, 0.25) is 5.02 Å². The molecule has 1 amide bonds. The molecule has 6 nitrogen and oxygen atoms in total. The van der Waals surface area contributed by atoms with Crippen LogP contribution in [0, 0.1) is 5.82 Å². The Hall–Kier alpha value is -4.10. The molecule has 1 aliphatic heterocycles. The van der Waals surface area contributed by atoms with Crippen molar-refractivity contribution in [2.45, 2.75) is 12.6 Å². The van der Waals surface area contributed by atoms with Crippen molar-refractivity contribution in [2.75, 3.05) is 0 Å². The molecule has 1 unspecified atom stereocenters. The number of phenols is 1. The van der Waals surface area contributed by atoms with E-state index in [2.05, 4.69) is 0 Å². The summed E-state index contributed by atoms with van der Waals surface area (Å²) in [5.41, 5.74) is 1.39. The maximum absolute atomic E-state index is 13.5. The molecule has 0 bridgehead atoms. The second-order valence-corrected chi connectivity index (χ2v) is 8.37. The molecule has 2 heterocycles. The molecule has 0 aliphatic carbocycles. The number of halogens is 2. The largest absolute Gasteiger partial charge is 0.508 e. The van der Waals surface area contributed by atoms with Gasteiger partial charge in [-0.3, -0.25) is 9.59 Å². The Kier molecular flexibility index (Phi) is 5.34. The zero-order chi connectivity index (χ0) is 24.0. The number of amides is 1. The average Bonchev–Trinajstić information content (AvgIpc) is 3.35. The third kappa shape index (κ3) is 3.80. The minimum Gasteiger partial charge on any atom is -0.508 e. The Morgan fingerprint density at radius 3 is 2.41 bits per heavy atom. The molecule has 1 aromatic heterocycles. The quantitative estimate of drug-likeness (QED) is 0.359. The highest BCUT2D eigenvalue weighted by Gasteiger charge is 2.44. The molecule has 0 spiro atoms. The lowest BCUT2D eigenvalue weighted by molar-refractivity contribution is -0.130. The minimum absolute atomic E-state index is 0.00778. The number of fused-ring (bicyclic) bond motifs is 1. The molecule has 34 heavy (non-hydrogen) atoms. The topological polar surface area (TPSA) is 91.0 Å². The third-order valence-electron chi connectivity index (χ3n) is 5.73. The highest BCUT2D eigenvalue weighted by Crippen LogP contribution is 2.41. The minimum atomic E-state index is -0.956. The third-order valence-corrected chi connectivity index (χ3v) is 5.96. The van der Waals surface area contributed by atoms with E-state index in [-0.39, 0.29) is 23.6 Å². The second kappa shape index (κ2) is 8.35. The van der Waals surface area contributed by atoms with E-state index in [1.807, 2.05) is 0 Å². The predicted molar refractivity (Wildman–Crippen MR) is 123 cm³/mol. The van der Waals surface area contributed by atoms with Crippen molar-refractivity contribution in [3.8, 4) is 5.75 Å². The maximum atomic E-state index is 13.5. The number of aromatic hydroxyl groups is 1. The van der Waals surface area contributed by atoms with Crippen LogP contribution in [0.25, 0.3) is 11.0 Å². The van der Waals surface area contributed by atoms with E-state index in [4.69, 9.17) is 16.0 Å². The van der Waals surface area contributed by atoms with Gasteiger partial charge in [-0.05, 0) is 59.7 Å². The van der Waals surface area contributed by atoms with Gasteiger partial charge in [0.05, 0.1) is 11.6 Å². The summed E-state index contributed by atoms with van der Waals surface area (Å²) in [6, 6.07) is 17.0. The number of carbonyl (C=O) groups excluding carboxylic acids is 2. The Morgan fingerprint density at radius 1 is 1.00 bits per heavy atom. The summed E-state index contributed by atoms with van der Waals surface area (Å²) in [6.45, 7) is 0.0151. The lowest BCUT2D eigenvalue weighted by atomic mass is 9.94. The van der Waals surface area contributed by atoms with Gasteiger partial charge in [0.2, 0.25) is 5.78 Å². The van der Waals surface area contributed by atoms with Gasteiger partial charge in [-0.1, -0.05) is 35.9 Å². The monoisotopic (exact) mass is 477 g/mol. The van der Waals surface area contributed by atoms with Crippen LogP contribution < -0.4 is 0 Å². The molecule has 8 heteroatoms. The number of benzene rings is 3. The van der Waals surface area contributed by atoms with E-state index in [1.54, 1.807) is 30.3 Å². The van der Waals surface area contributed by atoms with Crippen LogP contribution in [0.5, 0.6) is 5.75 Å². The van der Waals surface area contributed by atoms with Crippen LogP contribution in [0.15, 0.2) is 88.5 Å². The highest BCUT2D eigenvalue weighted by molar-refractivity contribution is 6.31. The molecule has 4 aromatic rings. The van der Waals surface area contributed by atoms with E-state index < -0.39 is 29.3 Å². The zero-order valence-corrected chi connectivity index (χ0v) is 18.3. The van der Waals surface area contributed by atoms with Gasteiger partial charge in [-0.25, -0.2) is 4.39 Å². The summed E-state index contributed by atoms with van der Waals surface area (Å²) < 4.78 is 19.1. The summed E-state index contributed by atoms with van der Waals surface area (Å²) >= 11 is 6.03. The van der Waals surface area contributed by atoms with Gasteiger partial charge in [0, 0.05) is 17.0 Å². The van der Waals surface area contributed by atoms with Gasteiger partial charge in [-0.15, -0.1) is 0 Å². The van der Waals surface area contributed by atoms with E-state index in [0.29, 0.717) is 27.1 Å². The predicted octanol–water partition coefficient (Wildman–Crippen LogP) is 5.71. The standard InChI is InChI=1S/C26H17ClFNO5/c27-17-5-10-20-16(11-17)12-21(34-20)24(31)22-23(15-3-8-19(30)9-4-15)29(26(33)25(22)32)13-14-1-6-18(28)7-2-14/h1-12,23,30,32H,13H2. The van der Waals surface area contributed by atoms with Crippen LogP contribution >= 0.6 is 11.6 Å². The Balaban J connectivity index is 1.59. The molecular weight excluding hydrogens is 461 g/mol. The fraction of sp³-hybridized carbons (Fsp3) is 0.0769. The van der Waals surface area contributed by atoms with Crippen LogP contribution in [0.3, 0.4) is 0 Å². The molecule has 0 fully saturated rings. The average molecular weight is 478 g/mol. The number of carbonyl (C=O) groups is 2. The second-order valence-electron chi connectivity index (χ2n) is 7.94. The number of rotatable bonds is 5. The summed E-state index contributed by atoms with van der Waals surface area (Å²) in [4.78, 5) is 27.9. The summed E-state index contributed by atoms with van der Waals surface area (Å²) in [5, 5.41) is 21.6. The van der Waals surface area contributed by atoms with E-state index >= 15 is 0 Å². The number of hydrogen-bond acceptors (Lipinski definition) is 5. The van der Waals surface area contributed by atoms with Crippen molar-refractivity contribution in [1.82, 2.24) is 4.90 Å². The highest BCUT2D eigenvalue weighted by atomic mass is 35.5. The SMILES string of the molecule is O=C(C1=C(O)C(=O)N(Cc2ccc(F)cc2)C1c1ccc(O)cc1)c1cc2cc(Cl)ccc2o1. The van der Waals surface area contributed by atoms with Gasteiger partial charge in [0.1, 0.15) is 17.1 Å². The Morgan fingerprint density at radius 2 is 1.71 bits per heavy atom. The van der Waals surface area contributed by atoms with E-state index in [0.717, 1.165) is 0 Å². The van der Waals surface area contributed by atoms with E-state index in [9.17, 15) is 24.2 Å². The number of aliphatic hydroxyl groups is 1. The smallest absolute Gasteiger partial charge is 0.290 e. The first-order valence-electron chi connectivity index (χ1n) is 10.3. The number of ketones is 1. The molecule has 0 radical (unpaired) electrons. The normalized spacial score (nSPS) is 16.0. The lowest BCUT2D eigenvalue weighted by Gasteiger charge is -2.27. The van der Waals surface area contributed by atoms with Crippen molar-refractivity contribution in [2.24, 2.45) is 0 Å². The maximum Gasteiger partial charge on any atom is 0.290 e. The number of phenolic OH excluding ortho intramolecular Hbond substituents is 1. The van der Waals surface area contributed by atoms with Crippen LogP contribution in [-0.2, 0) is 11.3 Å². The van der Waals surface area contributed by atoms with Crippen LogP contribution in [0.4, 0.5) is 4.39 Å². The number of furan rings is 1.